The lowest BCUT2D eigenvalue weighted by atomic mass is 10.0. The van der Waals surface area contributed by atoms with Gasteiger partial charge in [0.2, 0.25) is 5.13 Å². The van der Waals surface area contributed by atoms with E-state index in [0.717, 1.165) is 36.3 Å². The van der Waals surface area contributed by atoms with Crippen LogP contribution in [-0.2, 0) is 0 Å². The fraction of sp³-hybridized carbons (Fsp3) is 0.381. The van der Waals surface area contributed by atoms with Crippen molar-refractivity contribution in [2.24, 2.45) is 5.92 Å². The number of rotatable bonds is 7. The van der Waals surface area contributed by atoms with Crippen molar-refractivity contribution in [3.63, 3.8) is 0 Å². The second-order valence-corrected chi connectivity index (χ2v) is 8.80. The van der Waals surface area contributed by atoms with Crippen molar-refractivity contribution in [2.45, 2.75) is 32.3 Å². The highest BCUT2D eigenvalue weighted by Gasteiger charge is 2.26. The van der Waals surface area contributed by atoms with E-state index < -0.39 is 5.91 Å². The highest BCUT2D eigenvalue weighted by atomic mass is 35.5. The van der Waals surface area contributed by atoms with Crippen LogP contribution in [0.3, 0.4) is 0 Å². The van der Waals surface area contributed by atoms with Crippen LogP contribution >= 0.6 is 22.9 Å². The summed E-state index contributed by atoms with van der Waals surface area (Å²) < 4.78 is 11.1. The minimum atomic E-state index is -0.406. The first-order valence-corrected chi connectivity index (χ1v) is 11.3. The molecule has 0 saturated heterocycles. The van der Waals surface area contributed by atoms with Crippen molar-refractivity contribution < 1.29 is 19.4 Å². The first kappa shape index (κ1) is 22.4. The summed E-state index contributed by atoms with van der Waals surface area (Å²) in [6, 6.07) is 3.42. The fourth-order valence-electron chi connectivity index (χ4n) is 3.63. The van der Waals surface area contributed by atoms with Gasteiger partial charge in [-0.25, -0.2) is 4.98 Å². The third-order valence-electron chi connectivity index (χ3n) is 5.30. The summed E-state index contributed by atoms with van der Waals surface area (Å²) in [4.78, 5) is 21.3. The van der Waals surface area contributed by atoms with Crippen LogP contribution in [0.15, 0.2) is 24.5 Å². The molecule has 3 aromatic heterocycles. The number of ether oxygens (including phenoxy) is 2. The highest BCUT2D eigenvalue weighted by molar-refractivity contribution is 7.17. The highest BCUT2D eigenvalue weighted by Crippen LogP contribution is 2.34. The molecule has 0 spiro atoms. The molecule has 0 bridgehead atoms. The Morgan fingerprint density at radius 1 is 1.25 bits per heavy atom. The third-order valence-corrected chi connectivity index (χ3v) is 6.25. The Bertz CT molecular complexity index is 1130. The molecule has 168 valence electrons. The Labute approximate surface area is 193 Å². The maximum Gasteiger partial charge on any atom is 0.295 e. The number of hydrogen-bond acceptors (Lipinski definition) is 9. The van der Waals surface area contributed by atoms with Crippen molar-refractivity contribution in [3.05, 3.63) is 40.9 Å². The lowest BCUT2D eigenvalue weighted by Gasteiger charge is -2.13. The van der Waals surface area contributed by atoms with E-state index in [1.165, 1.54) is 19.5 Å². The SMILES string of the molecule is COc1cnc(Cl)cc1-c1cc(C)ncc1C(=O)Nc1nnc(OC[C@@H]2CCC[C@@H]2O)s1. The molecule has 11 heteroatoms. The lowest BCUT2D eigenvalue weighted by molar-refractivity contribution is 0.0981. The van der Waals surface area contributed by atoms with Gasteiger partial charge in [0.1, 0.15) is 10.9 Å². The summed E-state index contributed by atoms with van der Waals surface area (Å²) in [5, 5.41) is 21.5. The molecule has 1 fully saturated rings. The van der Waals surface area contributed by atoms with E-state index in [0.29, 0.717) is 39.4 Å². The number of nitrogens with zero attached hydrogens (tertiary/aromatic N) is 4. The zero-order valence-corrected chi connectivity index (χ0v) is 19.1. The lowest BCUT2D eigenvalue weighted by Crippen LogP contribution is -2.20. The predicted octanol–water partition coefficient (Wildman–Crippen LogP) is 3.76. The molecule has 0 aromatic carbocycles. The smallest absolute Gasteiger partial charge is 0.295 e. The number of aliphatic hydroxyl groups excluding tert-OH is 1. The zero-order valence-electron chi connectivity index (χ0n) is 17.5. The van der Waals surface area contributed by atoms with Crippen molar-refractivity contribution in [3.8, 4) is 22.1 Å². The number of carbonyl (C=O) groups excluding carboxylic acids is 1. The fourth-order valence-corrected chi connectivity index (χ4v) is 4.38. The predicted molar refractivity (Wildman–Crippen MR) is 120 cm³/mol. The van der Waals surface area contributed by atoms with E-state index in [9.17, 15) is 9.90 Å². The Balaban J connectivity index is 1.52. The largest absolute Gasteiger partial charge is 0.494 e. The Kier molecular flexibility index (Phi) is 6.83. The van der Waals surface area contributed by atoms with Crippen molar-refractivity contribution >= 4 is 34.0 Å². The number of amides is 1. The van der Waals surface area contributed by atoms with E-state index in [2.05, 4.69) is 25.5 Å². The van der Waals surface area contributed by atoms with Crippen LogP contribution in [0.4, 0.5) is 5.13 Å². The molecule has 32 heavy (non-hydrogen) atoms. The third kappa shape index (κ3) is 4.98. The second-order valence-electron chi connectivity index (χ2n) is 7.48. The van der Waals surface area contributed by atoms with Crippen LogP contribution in [0.5, 0.6) is 10.9 Å². The molecule has 2 atom stereocenters. The number of anilines is 1. The molecule has 1 aliphatic rings. The van der Waals surface area contributed by atoms with Crippen molar-refractivity contribution in [2.75, 3.05) is 19.0 Å². The zero-order chi connectivity index (χ0) is 22.7. The van der Waals surface area contributed by atoms with E-state index in [1.54, 1.807) is 12.1 Å². The summed E-state index contributed by atoms with van der Waals surface area (Å²) in [7, 11) is 1.52. The van der Waals surface area contributed by atoms with Crippen LogP contribution in [0, 0.1) is 12.8 Å². The Hall–Kier alpha value is -2.82. The summed E-state index contributed by atoms with van der Waals surface area (Å²) in [6.45, 7) is 2.20. The number of nitrogens with one attached hydrogen (secondary N) is 1. The number of aliphatic hydroxyl groups is 1. The first-order valence-electron chi connectivity index (χ1n) is 10.1. The molecular weight excluding hydrogens is 454 g/mol. The van der Waals surface area contributed by atoms with Gasteiger partial charge in [0.15, 0.2) is 0 Å². The Morgan fingerprint density at radius 3 is 2.84 bits per heavy atom. The quantitative estimate of drug-likeness (QED) is 0.496. The second kappa shape index (κ2) is 9.76. The molecule has 1 aliphatic carbocycles. The van der Waals surface area contributed by atoms with Gasteiger partial charge in [0.25, 0.3) is 11.1 Å². The number of carbonyl (C=O) groups is 1. The Morgan fingerprint density at radius 2 is 2.09 bits per heavy atom. The van der Waals surface area contributed by atoms with Gasteiger partial charge < -0.3 is 14.6 Å². The van der Waals surface area contributed by atoms with Gasteiger partial charge in [-0.15, -0.1) is 5.10 Å². The number of aryl methyl sites for hydroxylation is 1. The van der Waals surface area contributed by atoms with Gasteiger partial charge in [-0.2, -0.15) is 0 Å². The molecule has 0 aliphatic heterocycles. The summed E-state index contributed by atoms with van der Waals surface area (Å²) >= 11 is 7.21. The molecule has 1 amide bonds. The normalized spacial score (nSPS) is 17.9. The van der Waals surface area contributed by atoms with Crippen molar-refractivity contribution in [1.29, 1.82) is 0 Å². The molecule has 0 radical (unpaired) electrons. The minimum Gasteiger partial charge on any atom is -0.494 e. The molecule has 3 aromatic rings. The summed E-state index contributed by atoms with van der Waals surface area (Å²) in [5.41, 5.74) is 2.28. The van der Waals surface area contributed by atoms with Gasteiger partial charge in [-0.05, 0) is 43.2 Å². The van der Waals surface area contributed by atoms with Gasteiger partial charge in [0, 0.05) is 28.9 Å². The van der Waals surface area contributed by atoms with Crippen LogP contribution in [-0.4, -0.2) is 51.0 Å². The van der Waals surface area contributed by atoms with E-state index in [-0.39, 0.29) is 17.2 Å². The molecule has 4 rings (SSSR count). The summed E-state index contributed by atoms with van der Waals surface area (Å²) in [6.07, 6.45) is 5.38. The van der Waals surface area contributed by atoms with Crippen LogP contribution in [0.2, 0.25) is 5.15 Å². The van der Waals surface area contributed by atoms with E-state index in [4.69, 9.17) is 21.1 Å². The molecule has 2 N–H and O–H groups in total. The number of pyridine rings is 2. The molecule has 0 unspecified atom stereocenters. The number of hydrogen-bond donors (Lipinski definition) is 2. The molecule has 1 saturated carbocycles. The minimum absolute atomic E-state index is 0.0975. The number of methoxy groups -OCH3 is 1. The average Bonchev–Trinajstić information content (AvgIpc) is 3.40. The number of aromatic nitrogens is 4. The average molecular weight is 476 g/mol. The standard InChI is InChI=1S/C21H22ClN5O4S/c1-11-6-13(14-7-18(22)24-9-17(14)30-2)15(8-23-11)19(29)25-20-26-27-21(32-20)31-10-12-4-3-5-16(12)28/h6-9,12,16,28H,3-5,10H2,1-2H3,(H,25,26,29)/t12-,16-/m0/s1. The van der Waals surface area contributed by atoms with Gasteiger partial charge >= 0.3 is 0 Å². The van der Waals surface area contributed by atoms with Crippen LogP contribution in [0.25, 0.3) is 11.1 Å². The van der Waals surface area contributed by atoms with Crippen LogP contribution < -0.4 is 14.8 Å². The topological polar surface area (TPSA) is 119 Å². The van der Waals surface area contributed by atoms with Crippen LogP contribution in [0.1, 0.15) is 35.3 Å². The van der Waals surface area contributed by atoms with Crippen molar-refractivity contribution in [1.82, 2.24) is 20.2 Å². The summed E-state index contributed by atoms with van der Waals surface area (Å²) in [5.74, 6) is 0.173. The maximum absolute atomic E-state index is 13.0. The molecular formula is C21H22ClN5O4S. The molecule has 3 heterocycles. The first-order chi connectivity index (χ1) is 15.4. The monoisotopic (exact) mass is 475 g/mol. The molecule has 9 nitrogen and oxygen atoms in total. The van der Waals surface area contributed by atoms with Gasteiger partial charge in [0.05, 0.1) is 31.6 Å². The number of halogens is 1. The maximum atomic E-state index is 13.0. The van der Waals surface area contributed by atoms with E-state index >= 15 is 0 Å². The van der Waals surface area contributed by atoms with E-state index in [1.807, 2.05) is 6.92 Å². The van der Waals surface area contributed by atoms with Gasteiger partial charge in [-0.3, -0.25) is 15.1 Å². The van der Waals surface area contributed by atoms with Gasteiger partial charge in [-0.1, -0.05) is 23.1 Å².